The van der Waals surface area contributed by atoms with Crippen molar-refractivity contribution in [1.29, 1.82) is 0 Å². The second kappa shape index (κ2) is 4.92. The minimum absolute atomic E-state index is 0.306. The maximum atomic E-state index is 12.2. The van der Waals surface area contributed by atoms with Crippen LogP contribution in [0.15, 0.2) is 30.3 Å². The summed E-state index contributed by atoms with van der Waals surface area (Å²) >= 11 is 0. The largest absolute Gasteiger partial charge is 0.274 e. The van der Waals surface area contributed by atoms with Gasteiger partial charge in [-0.1, -0.05) is 18.2 Å². The molecule has 3 rings (SSSR count). The molecule has 2 aromatic rings. The minimum Gasteiger partial charge on any atom is -0.274 e. The molecule has 0 aliphatic heterocycles. The molecule has 1 aromatic carbocycles. The molecule has 1 aromatic heterocycles. The second-order valence-corrected chi connectivity index (χ2v) is 5.02. The normalized spacial score (nSPS) is 14.1. The smallest absolute Gasteiger partial charge is 0.270 e. The van der Waals surface area contributed by atoms with Crippen molar-refractivity contribution in [3.63, 3.8) is 0 Å². The monoisotopic (exact) mass is 269 g/mol. The van der Waals surface area contributed by atoms with E-state index in [4.69, 9.17) is 0 Å². The zero-order valence-electron chi connectivity index (χ0n) is 11.1. The van der Waals surface area contributed by atoms with Crippen molar-refractivity contribution in [1.82, 2.24) is 15.8 Å². The first-order valence-corrected chi connectivity index (χ1v) is 6.62. The maximum Gasteiger partial charge on any atom is 0.270 e. The van der Waals surface area contributed by atoms with Gasteiger partial charge in [-0.05, 0) is 25.0 Å². The van der Waals surface area contributed by atoms with Crippen molar-refractivity contribution in [2.24, 2.45) is 0 Å². The summed E-state index contributed by atoms with van der Waals surface area (Å²) in [5.74, 6) is -0.160. The Balaban J connectivity index is 2.02. The van der Waals surface area contributed by atoms with Crippen LogP contribution in [0.3, 0.4) is 0 Å². The summed E-state index contributed by atoms with van der Waals surface area (Å²) in [4.78, 5) is 27.7. The van der Waals surface area contributed by atoms with Crippen LogP contribution < -0.4 is 10.9 Å². The number of hydrogen-bond acceptors (Lipinski definition) is 3. The molecule has 1 heterocycles. The van der Waals surface area contributed by atoms with Crippen LogP contribution >= 0.6 is 0 Å². The lowest BCUT2D eigenvalue weighted by atomic mass is 10.1. The van der Waals surface area contributed by atoms with Gasteiger partial charge in [-0.25, -0.2) is 0 Å². The molecule has 102 valence electrons. The Hall–Kier alpha value is -2.43. The van der Waals surface area contributed by atoms with E-state index in [9.17, 15) is 9.59 Å². The van der Waals surface area contributed by atoms with Crippen molar-refractivity contribution >= 4 is 22.7 Å². The van der Waals surface area contributed by atoms with E-state index in [1.54, 1.807) is 0 Å². The number of fused-ring (bicyclic) bond motifs is 1. The van der Waals surface area contributed by atoms with Crippen molar-refractivity contribution in [2.75, 3.05) is 0 Å². The fourth-order valence-electron chi connectivity index (χ4n) is 2.18. The van der Waals surface area contributed by atoms with Crippen molar-refractivity contribution < 1.29 is 9.59 Å². The van der Waals surface area contributed by atoms with Crippen molar-refractivity contribution in [2.45, 2.75) is 25.7 Å². The van der Waals surface area contributed by atoms with Crippen LogP contribution in [0.5, 0.6) is 0 Å². The molecule has 0 saturated heterocycles. The van der Waals surface area contributed by atoms with Crippen LogP contribution in [0.25, 0.3) is 10.9 Å². The number of para-hydroxylation sites is 1. The summed E-state index contributed by atoms with van der Waals surface area (Å²) < 4.78 is 0. The molecule has 1 aliphatic rings. The van der Waals surface area contributed by atoms with Gasteiger partial charge in [0, 0.05) is 23.9 Å². The summed E-state index contributed by atoms with van der Waals surface area (Å²) in [7, 11) is 0. The van der Waals surface area contributed by atoms with E-state index in [1.807, 2.05) is 30.3 Å². The van der Waals surface area contributed by atoms with Gasteiger partial charge < -0.3 is 0 Å². The topological polar surface area (TPSA) is 71.1 Å². The Labute approximate surface area is 116 Å². The van der Waals surface area contributed by atoms with E-state index >= 15 is 0 Å². The third kappa shape index (κ3) is 2.47. The summed E-state index contributed by atoms with van der Waals surface area (Å²) in [6, 6.07) is 9.37. The lowest BCUT2D eigenvalue weighted by molar-refractivity contribution is -0.119. The molecule has 20 heavy (non-hydrogen) atoms. The van der Waals surface area contributed by atoms with Gasteiger partial charge in [0.2, 0.25) is 5.91 Å². The van der Waals surface area contributed by atoms with Gasteiger partial charge in [-0.15, -0.1) is 0 Å². The lowest BCUT2D eigenvalue weighted by Crippen LogP contribution is -2.40. The molecule has 0 radical (unpaired) electrons. The molecule has 1 saturated carbocycles. The van der Waals surface area contributed by atoms with Crippen LogP contribution in [-0.2, 0) is 4.79 Å². The van der Waals surface area contributed by atoms with Crippen LogP contribution in [0.4, 0.5) is 0 Å². The van der Waals surface area contributed by atoms with E-state index < -0.39 is 0 Å². The fourth-order valence-corrected chi connectivity index (χ4v) is 2.18. The summed E-state index contributed by atoms with van der Waals surface area (Å²) in [6.07, 6.45) is 2.25. The number of benzene rings is 1. The van der Waals surface area contributed by atoms with Gasteiger partial charge in [-0.3, -0.25) is 25.4 Å². The first-order valence-electron chi connectivity index (χ1n) is 6.62. The SMILES string of the molecule is CC(=O)NNC(=O)c1cc(C2CC2)nc2ccccc12. The van der Waals surface area contributed by atoms with Gasteiger partial charge in [-0.2, -0.15) is 0 Å². The number of carbonyl (C=O) groups excluding carboxylic acids is 2. The molecule has 2 N–H and O–H groups in total. The van der Waals surface area contributed by atoms with Crippen LogP contribution in [0, 0.1) is 0 Å². The standard InChI is InChI=1S/C15H15N3O2/c1-9(19)17-18-15(20)12-8-14(10-6-7-10)16-13-5-3-2-4-11(12)13/h2-5,8,10H,6-7H2,1H3,(H,17,19)(H,18,20). The predicted octanol–water partition coefficient (Wildman–Crippen LogP) is 1.89. The summed E-state index contributed by atoms with van der Waals surface area (Å²) in [6.45, 7) is 1.35. The van der Waals surface area contributed by atoms with E-state index in [0.717, 1.165) is 29.4 Å². The summed E-state index contributed by atoms with van der Waals surface area (Å²) in [5.41, 5.74) is 7.04. The molecule has 0 unspecified atom stereocenters. The number of amides is 2. The Kier molecular flexibility index (Phi) is 3.10. The minimum atomic E-state index is -0.319. The average Bonchev–Trinajstić information content (AvgIpc) is 3.28. The molecule has 0 bridgehead atoms. The van der Waals surface area contributed by atoms with Gasteiger partial charge in [0.05, 0.1) is 11.1 Å². The number of hydrogen-bond donors (Lipinski definition) is 2. The van der Waals surface area contributed by atoms with Crippen LogP contribution in [0.1, 0.15) is 41.7 Å². The van der Waals surface area contributed by atoms with E-state index in [2.05, 4.69) is 15.8 Å². The average molecular weight is 269 g/mol. The first kappa shape index (κ1) is 12.6. The lowest BCUT2D eigenvalue weighted by Gasteiger charge is -2.10. The van der Waals surface area contributed by atoms with Gasteiger partial charge >= 0.3 is 0 Å². The quantitative estimate of drug-likeness (QED) is 0.818. The number of nitrogens with zero attached hydrogens (tertiary/aromatic N) is 1. The molecular formula is C15H15N3O2. The second-order valence-electron chi connectivity index (χ2n) is 5.02. The molecule has 1 fully saturated rings. The van der Waals surface area contributed by atoms with Gasteiger partial charge in [0.25, 0.3) is 5.91 Å². The molecule has 0 atom stereocenters. The zero-order chi connectivity index (χ0) is 14.1. The van der Waals surface area contributed by atoms with Gasteiger partial charge in [0.1, 0.15) is 0 Å². The number of nitrogens with one attached hydrogen (secondary N) is 2. The predicted molar refractivity (Wildman–Crippen MR) is 75.0 cm³/mol. The molecule has 5 nitrogen and oxygen atoms in total. The summed E-state index contributed by atoms with van der Waals surface area (Å²) in [5, 5.41) is 0.791. The third-order valence-corrected chi connectivity index (χ3v) is 3.33. The van der Waals surface area contributed by atoms with Gasteiger partial charge in [0.15, 0.2) is 0 Å². The van der Waals surface area contributed by atoms with E-state index in [-0.39, 0.29) is 11.8 Å². The third-order valence-electron chi connectivity index (χ3n) is 3.33. The van der Waals surface area contributed by atoms with Crippen LogP contribution in [-0.4, -0.2) is 16.8 Å². The highest BCUT2D eigenvalue weighted by molar-refractivity contribution is 6.06. The molecule has 2 amide bonds. The van der Waals surface area contributed by atoms with Crippen molar-refractivity contribution in [3.8, 4) is 0 Å². The van der Waals surface area contributed by atoms with E-state index in [0.29, 0.717) is 11.5 Å². The highest BCUT2D eigenvalue weighted by Crippen LogP contribution is 2.40. The fraction of sp³-hybridized carbons (Fsp3) is 0.267. The zero-order valence-corrected chi connectivity index (χ0v) is 11.1. The van der Waals surface area contributed by atoms with Crippen LogP contribution in [0.2, 0.25) is 0 Å². The van der Waals surface area contributed by atoms with E-state index in [1.165, 1.54) is 6.92 Å². The number of rotatable bonds is 2. The Morgan fingerprint density at radius 1 is 1.20 bits per heavy atom. The Morgan fingerprint density at radius 2 is 1.95 bits per heavy atom. The first-order chi connectivity index (χ1) is 9.65. The van der Waals surface area contributed by atoms with Crippen molar-refractivity contribution in [3.05, 3.63) is 41.6 Å². The number of aromatic nitrogens is 1. The Bertz CT molecular complexity index is 693. The molecule has 5 heteroatoms. The Morgan fingerprint density at radius 3 is 2.65 bits per heavy atom. The maximum absolute atomic E-state index is 12.2. The number of carbonyl (C=O) groups is 2. The number of pyridine rings is 1. The highest BCUT2D eigenvalue weighted by atomic mass is 16.2. The molecule has 0 spiro atoms. The highest BCUT2D eigenvalue weighted by Gasteiger charge is 2.26. The molecular weight excluding hydrogens is 254 g/mol. The number of hydrazine groups is 1. The molecule has 1 aliphatic carbocycles.